The van der Waals surface area contributed by atoms with Gasteiger partial charge in [0.2, 0.25) is 0 Å². The fourth-order valence-corrected chi connectivity index (χ4v) is 3.43. The lowest BCUT2D eigenvalue weighted by Crippen LogP contribution is -2.25. The van der Waals surface area contributed by atoms with E-state index in [1.807, 2.05) is 54.1 Å². The molecule has 0 bridgehead atoms. The smallest absolute Gasteiger partial charge is 0.336 e. The first-order valence-corrected chi connectivity index (χ1v) is 9.67. The van der Waals surface area contributed by atoms with Crippen LogP contribution in [0, 0.1) is 0 Å². The third-order valence-electron chi connectivity index (χ3n) is 5.30. The number of benzene rings is 2. The van der Waals surface area contributed by atoms with Gasteiger partial charge < -0.3 is 5.11 Å². The van der Waals surface area contributed by atoms with Gasteiger partial charge in [0, 0.05) is 18.4 Å². The first-order valence-electron chi connectivity index (χ1n) is 9.67. The van der Waals surface area contributed by atoms with E-state index in [9.17, 15) is 14.7 Å². The normalized spacial score (nSPS) is 12.1. The summed E-state index contributed by atoms with van der Waals surface area (Å²) in [6, 6.07) is 14.7. The van der Waals surface area contributed by atoms with E-state index in [0.29, 0.717) is 24.6 Å². The van der Waals surface area contributed by atoms with E-state index in [1.54, 1.807) is 16.7 Å². The quantitative estimate of drug-likeness (QED) is 0.654. The fourth-order valence-electron chi connectivity index (χ4n) is 3.43. The Morgan fingerprint density at radius 3 is 2.36 bits per heavy atom. The standard InChI is InChI=1S/C23H26N2O3/c1-4-16(3)21-15-24(5-2)23(28)25(21)14-17-10-12-18(13-11-17)19-8-6-7-9-20(19)22(26)27/h6-13,15-16H,4-5,14H2,1-3H3,(H,26,27). The number of hydrogen-bond acceptors (Lipinski definition) is 2. The highest BCUT2D eigenvalue weighted by molar-refractivity contribution is 5.95. The zero-order valence-electron chi connectivity index (χ0n) is 16.6. The van der Waals surface area contributed by atoms with Crippen LogP contribution in [0.4, 0.5) is 0 Å². The Bertz CT molecular complexity index is 1030. The fraction of sp³-hybridized carbons (Fsp3) is 0.304. The van der Waals surface area contributed by atoms with Gasteiger partial charge in [-0.1, -0.05) is 56.3 Å². The number of carbonyl (C=O) groups is 1. The van der Waals surface area contributed by atoms with Gasteiger partial charge in [-0.2, -0.15) is 0 Å². The summed E-state index contributed by atoms with van der Waals surface area (Å²) in [5.74, 6) is -0.632. The molecule has 0 radical (unpaired) electrons. The molecule has 0 saturated carbocycles. The summed E-state index contributed by atoms with van der Waals surface area (Å²) in [4.78, 5) is 24.2. The molecule has 28 heavy (non-hydrogen) atoms. The number of imidazole rings is 1. The van der Waals surface area contributed by atoms with Gasteiger partial charge in [0.1, 0.15) is 0 Å². The molecule has 0 aliphatic rings. The minimum absolute atomic E-state index is 0.0121. The van der Waals surface area contributed by atoms with E-state index in [4.69, 9.17) is 0 Å². The summed E-state index contributed by atoms with van der Waals surface area (Å²) in [7, 11) is 0. The van der Waals surface area contributed by atoms with Crippen molar-refractivity contribution in [3.8, 4) is 11.1 Å². The van der Waals surface area contributed by atoms with E-state index < -0.39 is 5.97 Å². The molecule has 5 heteroatoms. The van der Waals surface area contributed by atoms with Gasteiger partial charge in [-0.25, -0.2) is 9.59 Å². The minimum Gasteiger partial charge on any atom is -0.478 e. The maximum Gasteiger partial charge on any atom is 0.336 e. The first kappa shape index (κ1) is 19.7. The number of aryl methyl sites for hydroxylation is 1. The lowest BCUT2D eigenvalue weighted by atomic mass is 9.98. The van der Waals surface area contributed by atoms with Crippen LogP contribution in [0.15, 0.2) is 59.5 Å². The van der Waals surface area contributed by atoms with Gasteiger partial charge in [-0.05, 0) is 42.0 Å². The summed E-state index contributed by atoms with van der Waals surface area (Å²) in [6.45, 7) is 7.39. The van der Waals surface area contributed by atoms with Gasteiger partial charge in [0.05, 0.1) is 12.1 Å². The van der Waals surface area contributed by atoms with Crippen LogP contribution in [0.25, 0.3) is 11.1 Å². The van der Waals surface area contributed by atoms with Crippen molar-refractivity contribution in [2.24, 2.45) is 0 Å². The number of carboxylic acid groups (broad SMARTS) is 1. The molecule has 2 aromatic carbocycles. The van der Waals surface area contributed by atoms with Crippen LogP contribution in [0.5, 0.6) is 0 Å². The molecule has 0 fully saturated rings. The molecule has 3 aromatic rings. The Morgan fingerprint density at radius 1 is 1.07 bits per heavy atom. The average Bonchev–Trinajstić information content (AvgIpc) is 3.03. The molecular weight excluding hydrogens is 352 g/mol. The number of hydrogen-bond donors (Lipinski definition) is 1. The average molecular weight is 378 g/mol. The molecule has 1 atom stereocenters. The molecule has 5 nitrogen and oxygen atoms in total. The Hall–Kier alpha value is -3.08. The van der Waals surface area contributed by atoms with Crippen LogP contribution in [0.1, 0.15) is 54.7 Å². The van der Waals surface area contributed by atoms with Crippen LogP contribution < -0.4 is 5.69 Å². The van der Waals surface area contributed by atoms with E-state index >= 15 is 0 Å². The predicted octanol–water partition coefficient (Wildman–Crippen LogP) is 4.60. The molecule has 3 rings (SSSR count). The van der Waals surface area contributed by atoms with Crippen molar-refractivity contribution >= 4 is 5.97 Å². The molecule has 0 aliphatic heterocycles. The molecule has 146 valence electrons. The van der Waals surface area contributed by atoms with Crippen LogP contribution in [0.2, 0.25) is 0 Å². The molecule has 0 spiro atoms. The third-order valence-corrected chi connectivity index (χ3v) is 5.30. The largest absolute Gasteiger partial charge is 0.478 e. The Kier molecular flexibility index (Phi) is 5.83. The molecule has 1 unspecified atom stereocenters. The van der Waals surface area contributed by atoms with E-state index in [2.05, 4.69) is 13.8 Å². The first-order chi connectivity index (χ1) is 13.5. The van der Waals surface area contributed by atoms with Crippen LogP contribution in [-0.2, 0) is 13.1 Å². The summed E-state index contributed by atoms with van der Waals surface area (Å²) < 4.78 is 3.59. The summed E-state index contributed by atoms with van der Waals surface area (Å²) in [5, 5.41) is 9.40. The Morgan fingerprint density at radius 2 is 1.75 bits per heavy atom. The SMILES string of the molecule is CCC(C)c1cn(CC)c(=O)n1Cc1ccc(-c2ccccc2C(=O)O)cc1. The Labute approximate surface area is 164 Å². The number of nitrogens with zero attached hydrogens (tertiary/aromatic N) is 2. The number of aromatic nitrogens is 2. The van der Waals surface area contributed by atoms with Gasteiger partial charge in [0.25, 0.3) is 0 Å². The molecule has 0 amide bonds. The highest BCUT2D eigenvalue weighted by Crippen LogP contribution is 2.25. The lowest BCUT2D eigenvalue weighted by molar-refractivity contribution is 0.0697. The van der Waals surface area contributed by atoms with Gasteiger partial charge in [0.15, 0.2) is 0 Å². The zero-order valence-corrected chi connectivity index (χ0v) is 16.6. The summed E-state index contributed by atoms with van der Waals surface area (Å²) in [6.07, 6.45) is 2.94. The lowest BCUT2D eigenvalue weighted by Gasteiger charge is -2.13. The second kappa shape index (κ2) is 8.30. The van der Waals surface area contributed by atoms with E-state index in [0.717, 1.165) is 23.2 Å². The molecular formula is C23H26N2O3. The maximum absolute atomic E-state index is 12.7. The van der Waals surface area contributed by atoms with Gasteiger partial charge in [-0.3, -0.25) is 9.13 Å². The number of aromatic carboxylic acids is 1. The highest BCUT2D eigenvalue weighted by atomic mass is 16.4. The van der Waals surface area contributed by atoms with Crippen molar-refractivity contribution in [3.63, 3.8) is 0 Å². The van der Waals surface area contributed by atoms with Crippen molar-refractivity contribution in [1.82, 2.24) is 9.13 Å². The molecule has 1 aromatic heterocycles. The number of rotatable bonds is 7. The molecule has 1 heterocycles. The van der Waals surface area contributed by atoms with Crippen LogP contribution in [-0.4, -0.2) is 20.2 Å². The Balaban J connectivity index is 1.93. The second-order valence-electron chi connectivity index (χ2n) is 7.07. The topological polar surface area (TPSA) is 64.2 Å². The maximum atomic E-state index is 12.7. The molecule has 0 saturated heterocycles. The molecule has 1 N–H and O–H groups in total. The van der Waals surface area contributed by atoms with E-state index in [1.165, 1.54) is 0 Å². The molecule has 0 aliphatic carbocycles. The zero-order chi connectivity index (χ0) is 20.3. The van der Waals surface area contributed by atoms with Crippen LogP contribution in [0.3, 0.4) is 0 Å². The van der Waals surface area contributed by atoms with Gasteiger partial charge in [-0.15, -0.1) is 0 Å². The van der Waals surface area contributed by atoms with Crippen molar-refractivity contribution in [3.05, 3.63) is 82.0 Å². The summed E-state index contributed by atoms with van der Waals surface area (Å²) in [5.41, 5.74) is 3.90. The van der Waals surface area contributed by atoms with Crippen LogP contribution >= 0.6 is 0 Å². The third kappa shape index (κ3) is 3.79. The minimum atomic E-state index is -0.940. The van der Waals surface area contributed by atoms with Crippen molar-refractivity contribution in [1.29, 1.82) is 0 Å². The van der Waals surface area contributed by atoms with Crippen molar-refractivity contribution in [2.45, 2.75) is 46.2 Å². The van der Waals surface area contributed by atoms with Gasteiger partial charge >= 0.3 is 11.7 Å². The second-order valence-corrected chi connectivity index (χ2v) is 7.07. The number of carboxylic acids is 1. The monoisotopic (exact) mass is 378 g/mol. The highest BCUT2D eigenvalue weighted by Gasteiger charge is 2.16. The van der Waals surface area contributed by atoms with Crippen molar-refractivity contribution in [2.75, 3.05) is 0 Å². The predicted molar refractivity (Wildman–Crippen MR) is 111 cm³/mol. The summed E-state index contributed by atoms with van der Waals surface area (Å²) >= 11 is 0. The van der Waals surface area contributed by atoms with Crippen molar-refractivity contribution < 1.29 is 9.90 Å². The van der Waals surface area contributed by atoms with E-state index in [-0.39, 0.29) is 11.3 Å².